The quantitative estimate of drug-likeness (QED) is 0.582. The zero-order valence-electron chi connectivity index (χ0n) is 17.1. The van der Waals surface area contributed by atoms with Gasteiger partial charge in [-0.1, -0.05) is 19.9 Å². The van der Waals surface area contributed by atoms with Crippen molar-refractivity contribution >= 4 is 11.8 Å². The predicted octanol–water partition coefficient (Wildman–Crippen LogP) is 2.97. The van der Waals surface area contributed by atoms with Crippen LogP contribution in [-0.4, -0.2) is 36.1 Å². The molecule has 0 saturated carbocycles. The topological polar surface area (TPSA) is 87.7 Å². The molecule has 0 heterocycles. The number of amides is 2. The van der Waals surface area contributed by atoms with Gasteiger partial charge < -0.3 is 20.5 Å². The van der Waals surface area contributed by atoms with Gasteiger partial charge in [0.25, 0.3) is 5.91 Å². The Morgan fingerprint density at radius 2 is 1.77 bits per heavy atom. The molecule has 162 valence electrons. The molecular formula is C22H26F2N2O4. The predicted molar refractivity (Wildman–Crippen MR) is 108 cm³/mol. The highest BCUT2D eigenvalue weighted by molar-refractivity contribution is 5.97. The molecule has 2 atom stereocenters. The molecule has 0 aliphatic carbocycles. The maximum absolute atomic E-state index is 13.8. The van der Waals surface area contributed by atoms with Crippen LogP contribution in [0.2, 0.25) is 0 Å². The Morgan fingerprint density at radius 1 is 1.10 bits per heavy atom. The van der Waals surface area contributed by atoms with E-state index in [-0.39, 0.29) is 18.0 Å². The van der Waals surface area contributed by atoms with Gasteiger partial charge in [-0.05, 0) is 43.2 Å². The number of carbonyl (C=O) groups excluding carboxylic acids is 2. The van der Waals surface area contributed by atoms with Crippen LogP contribution in [0.3, 0.4) is 0 Å². The molecule has 3 N–H and O–H groups in total. The van der Waals surface area contributed by atoms with E-state index in [4.69, 9.17) is 4.74 Å². The van der Waals surface area contributed by atoms with E-state index in [1.165, 1.54) is 0 Å². The first-order chi connectivity index (χ1) is 14.2. The third-order valence-electron chi connectivity index (χ3n) is 4.45. The van der Waals surface area contributed by atoms with Crippen molar-refractivity contribution in [1.29, 1.82) is 0 Å². The minimum Gasteiger partial charge on any atom is -0.494 e. The molecule has 8 heteroatoms. The van der Waals surface area contributed by atoms with Crippen molar-refractivity contribution in [2.24, 2.45) is 5.92 Å². The molecule has 0 bridgehead atoms. The number of carbonyl (C=O) groups is 2. The summed E-state index contributed by atoms with van der Waals surface area (Å²) >= 11 is 0. The molecule has 2 amide bonds. The first-order valence-electron chi connectivity index (χ1n) is 9.67. The number of hydrogen-bond donors (Lipinski definition) is 3. The molecule has 2 rings (SSSR count). The number of benzene rings is 2. The number of ether oxygens (including phenoxy) is 1. The molecule has 2 aromatic rings. The lowest BCUT2D eigenvalue weighted by atomic mass is 10.0. The van der Waals surface area contributed by atoms with E-state index in [9.17, 15) is 23.5 Å². The molecule has 0 saturated heterocycles. The Labute approximate surface area is 174 Å². The minimum absolute atomic E-state index is 0.128. The van der Waals surface area contributed by atoms with Gasteiger partial charge in [0, 0.05) is 23.7 Å². The van der Waals surface area contributed by atoms with Gasteiger partial charge in [0.15, 0.2) is 0 Å². The van der Waals surface area contributed by atoms with Crippen molar-refractivity contribution in [3.05, 3.63) is 65.2 Å². The lowest BCUT2D eigenvalue weighted by Crippen LogP contribution is -2.50. The van der Waals surface area contributed by atoms with Crippen LogP contribution in [0, 0.1) is 17.6 Å². The SMILES string of the molecule is CCOc1ccc(C(=O)NC(C(=O)NCC(O)c2ccc(F)cc2F)C(C)C)cc1. The van der Waals surface area contributed by atoms with E-state index < -0.39 is 35.6 Å². The van der Waals surface area contributed by atoms with E-state index in [1.807, 2.05) is 6.92 Å². The van der Waals surface area contributed by atoms with Crippen molar-refractivity contribution in [3.8, 4) is 5.75 Å². The Bertz CT molecular complexity index is 872. The Hall–Kier alpha value is -3.00. The fourth-order valence-electron chi connectivity index (χ4n) is 2.82. The summed E-state index contributed by atoms with van der Waals surface area (Å²) in [6, 6.07) is 8.45. The van der Waals surface area contributed by atoms with Gasteiger partial charge in [-0.15, -0.1) is 0 Å². The van der Waals surface area contributed by atoms with Crippen LogP contribution >= 0.6 is 0 Å². The number of aliphatic hydroxyl groups excluding tert-OH is 1. The summed E-state index contributed by atoms with van der Waals surface area (Å²) in [6.07, 6.45) is -1.36. The Balaban J connectivity index is 1.99. The maximum Gasteiger partial charge on any atom is 0.251 e. The number of halogens is 2. The molecule has 0 fully saturated rings. The highest BCUT2D eigenvalue weighted by Crippen LogP contribution is 2.18. The standard InChI is InChI=1S/C22H26F2N2O4/c1-4-30-16-8-5-14(6-9-16)21(28)26-20(13(2)3)22(29)25-12-19(27)17-10-7-15(23)11-18(17)24/h5-11,13,19-20,27H,4,12H2,1-3H3,(H,25,29)(H,26,28). The molecular weight excluding hydrogens is 394 g/mol. The number of nitrogens with one attached hydrogen (secondary N) is 2. The Morgan fingerprint density at radius 3 is 2.33 bits per heavy atom. The zero-order valence-corrected chi connectivity index (χ0v) is 17.1. The summed E-state index contributed by atoms with van der Waals surface area (Å²) in [4.78, 5) is 25.1. The summed E-state index contributed by atoms with van der Waals surface area (Å²) in [5, 5.41) is 15.3. The number of aliphatic hydroxyl groups is 1. The van der Waals surface area contributed by atoms with Gasteiger partial charge in [0.1, 0.15) is 23.4 Å². The molecule has 0 aromatic heterocycles. The summed E-state index contributed by atoms with van der Waals surface area (Å²) in [5.41, 5.74) is 0.238. The van der Waals surface area contributed by atoms with E-state index >= 15 is 0 Å². The lowest BCUT2D eigenvalue weighted by Gasteiger charge is -2.23. The van der Waals surface area contributed by atoms with Crippen LogP contribution < -0.4 is 15.4 Å². The average Bonchev–Trinajstić information content (AvgIpc) is 2.70. The van der Waals surface area contributed by atoms with Gasteiger partial charge in [-0.3, -0.25) is 9.59 Å². The highest BCUT2D eigenvalue weighted by Gasteiger charge is 2.25. The fourth-order valence-corrected chi connectivity index (χ4v) is 2.82. The average molecular weight is 420 g/mol. The van der Waals surface area contributed by atoms with Gasteiger partial charge in [0.05, 0.1) is 12.7 Å². The van der Waals surface area contributed by atoms with Crippen LogP contribution in [0.5, 0.6) is 5.75 Å². The van der Waals surface area contributed by atoms with Gasteiger partial charge in [0.2, 0.25) is 5.91 Å². The van der Waals surface area contributed by atoms with Crippen LogP contribution in [0.1, 0.15) is 42.8 Å². The van der Waals surface area contributed by atoms with E-state index in [0.29, 0.717) is 24.0 Å². The van der Waals surface area contributed by atoms with E-state index in [0.717, 1.165) is 12.1 Å². The molecule has 2 unspecified atom stereocenters. The Kier molecular flexibility index (Phi) is 8.29. The van der Waals surface area contributed by atoms with Crippen LogP contribution in [0.4, 0.5) is 8.78 Å². The minimum atomic E-state index is -1.36. The first kappa shape index (κ1) is 23.3. The van der Waals surface area contributed by atoms with Crippen LogP contribution in [-0.2, 0) is 4.79 Å². The summed E-state index contributed by atoms with van der Waals surface area (Å²) in [7, 11) is 0. The van der Waals surface area contributed by atoms with Crippen molar-refractivity contribution in [1.82, 2.24) is 10.6 Å². The summed E-state index contributed by atoms with van der Waals surface area (Å²) in [5.74, 6) is -2.22. The third-order valence-corrected chi connectivity index (χ3v) is 4.45. The molecule has 0 spiro atoms. The zero-order chi connectivity index (χ0) is 22.3. The molecule has 0 aliphatic heterocycles. The van der Waals surface area contributed by atoms with Crippen molar-refractivity contribution in [2.45, 2.75) is 32.9 Å². The van der Waals surface area contributed by atoms with E-state index in [2.05, 4.69) is 10.6 Å². The maximum atomic E-state index is 13.8. The highest BCUT2D eigenvalue weighted by atomic mass is 19.1. The van der Waals surface area contributed by atoms with E-state index in [1.54, 1.807) is 38.1 Å². The first-order valence-corrected chi connectivity index (χ1v) is 9.67. The molecule has 30 heavy (non-hydrogen) atoms. The largest absolute Gasteiger partial charge is 0.494 e. The second kappa shape index (κ2) is 10.7. The molecule has 0 radical (unpaired) electrons. The van der Waals surface area contributed by atoms with Crippen LogP contribution in [0.15, 0.2) is 42.5 Å². The molecule has 2 aromatic carbocycles. The summed E-state index contributed by atoms with van der Waals surface area (Å²) in [6.45, 7) is 5.60. The van der Waals surface area contributed by atoms with Crippen molar-refractivity contribution in [2.75, 3.05) is 13.2 Å². The second-order valence-corrected chi connectivity index (χ2v) is 7.08. The fraction of sp³-hybridized carbons (Fsp3) is 0.364. The van der Waals surface area contributed by atoms with Crippen molar-refractivity contribution < 1.29 is 28.2 Å². The van der Waals surface area contributed by atoms with Crippen LogP contribution in [0.25, 0.3) is 0 Å². The smallest absolute Gasteiger partial charge is 0.251 e. The van der Waals surface area contributed by atoms with Gasteiger partial charge in [-0.25, -0.2) is 8.78 Å². The normalized spacial score (nSPS) is 12.9. The van der Waals surface area contributed by atoms with Gasteiger partial charge >= 0.3 is 0 Å². The summed E-state index contributed by atoms with van der Waals surface area (Å²) < 4.78 is 32.1. The monoisotopic (exact) mass is 420 g/mol. The third kappa shape index (κ3) is 6.25. The number of hydrogen-bond acceptors (Lipinski definition) is 4. The lowest BCUT2D eigenvalue weighted by molar-refractivity contribution is -0.124. The van der Waals surface area contributed by atoms with Gasteiger partial charge in [-0.2, -0.15) is 0 Å². The second-order valence-electron chi connectivity index (χ2n) is 7.08. The number of rotatable bonds is 9. The molecule has 6 nitrogen and oxygen atoms in total. The molecule has 0 aliphatic rings. The van der Waals surface area contributed by atoms with Crippen molar-refractivity contribution in [3.63, 3.8) is 0 Å².